The highest BCUT2D eigenvalue weighted by Crippen LogP contribution is 2.05. The van der Waals surface area contributed by atoms with Gasteiger partial charge in [-0.2, -0.15) is 0 Å². The Balaban J connectivity index is 4.51. The van der Waals surface area contributed by atoms with Crippen LogP contribution in [0.1, 0.15) is 27.2 Å². The van der Waals surface area contributed by atoms with Crippen LogP contribution in [-0.4, -0.2) is 36.4 Å². The molecule has 0 aliphatic rings. The Morgan fingerprint density at radius 1 is 1.17 bits per heavy atom. The molecule has 7 heteroatoms. The van der Waals surface area contributed by atoms with Gasteiger partial charge in [0.25, 0.3) is 5.91 Å². The second kappa shape index (κ2) is 7.65. The Morgan fingerprint density at radius 2 is 1.72 bits per heavy atom. The molecule has 0 rings (SSSR count). The van der Waals surface area contributed by atoms with Crippen molar-refractivity contribution in [1.82, 2.24) is 10.6 Å². The summed E-state index contributed by atoms with van der Waals surface area (Å²) in [7, 11) is 0. The number of hydrogen-bond acceptors (Lipinski definition) is 4. The van der Waals surface area contributed by atoms with Crippen molar-refractivity contribution < 1.29 is 25.2 Å². The third kappa shape index (κ3) is 6.85. The average Bonchev–Trinajstić information content (AvgIpc) is 2.23. The molecule has 0 heterocycles. The number of aliphatic carboxylic acids is 1. The van der Waals surface area contributed by atoms with Crippen molar-refractivity contribution in [2.45, 2.75) is 39.3 Å². The first-order valence-corrected chi connectivity index (χ1v) is 5.85. The van der Waals surface area contributed by atoms with Crippen LogP contribution >= 0.6 is 0 Å². The fourth-order valence-corrected chi connectivity index (χ4v) is 1.30. The minimum atomic E-state index is -1.37. The smallest absolute Gasteiger partial charge is 0.278 e. The Kier molecular flexibility index (Phi) is 6.96. The van der Waals surface area contributed by atoms with E-state index in [1.165, 1.54) is 0 Å². The molecule has 7 nitrogen and oxygen atoms in total. The monoisotopic (exact) mass is 259 g/mol. The van der Waals surface area contributed by atoms with Gasteiger partial charge in [-0.05, 0) is 19.3 Å². The van der Waals surface area contributed by atoms with Crippen molar-refractivity contribution in [2.75, 3.05) is 6.54 Å². The van der Waals surface area contributed by atoms with E-state index in [-0.39, 0.29) is 11.8 Å². The highest BCUT2D eigenvalue weighted by Gasteiger charge is 2.23. The summed E-state index contributed by atoms with van der Waals surface area (Å²) < 4.78 is 0. The highest BCUT2D eigenvalue weighted by atomic mass is 16.4. The number of nitrogens with one attached hydrogen (secondary N) is 2. The van der Waals surface area contributed by atoms with Gasteiger partial charge in [-0.15, -0.1) is 0 Å². The van der Waals surface area contributed by atoms with Crippen molar-refractivity contribution in [3.63, 3.8) is 0 Å². The summed E-state index contributed by atoms with van der Waals surface area (Å²) in [6.07, 6.45) is 0.428. The van der Waals surface area contributed by atoms with Gasteiger partial charge in [0.2, 0.25) is 5.91 Å². The Bertz CT molecular complexity index is 315. The van der Waals surface area contributed by atoms with Gasteiger partial charge in [0.05, 0.1) is 12.5 Å². The fourth-order valence-electron chi connectivity index (χ4n) is 1.30. The van der Waals surface area contributed by atoms with Crippen molar-refractivity contribution in [3.05, 3.63) is 0 Å². The summed E-state index contributed by atoms with van der Waals surface area (Å²) in [5, 5.41) is 15.0. The van der Waals surface area contributed by atoms with E-state index in [1.54, 1.807) is 6.92 Å². The van der Waals surface area contributed by atoms with Crippen LogP contribution in [0.25, 0.3) is 0 Å². The molecule has 2 atom stereocenters. The van der Waals surface area contributed by atoms with E-state index in [0.717, 1.165) is 0 Å². The molecule has 0 bridgehead atoms. The zero-order valence-corrected chi connectivity index (χ0v) is 11.0. The van der Waals surface area contributed by atoms with Gasteiger partial charge < -0.3 is 26.3 Å². The molecule has 0 aromatic rings. The van der Waals surface area contributed by atoms with Crippen LogP contribution in [0.4, 0.5) is 0 Å². The van der Waals surface area contributed by atoms with Crippen molar-refractivity contribution >= 4 is 17.8 Å². The zero-order chi connectivity index (χ0) is 14.3. The predicted molar refractivity (Wildman–Crippen MR) is 61.8 cm³/mol. The number of carbonyl (C=O) groups is 3. The Hall–Kier alpha value is -1.63. The molecule has 0 saturated carbocycles. The SMILES string of the molecule is CC(C)C[C@@H](NC(=O)[C@H](C)[NH3+])C(=O)NCC(=O)[O-]. The zero-order valence-electron chi connectivity index (χ0n) is 11.0. The molecule has 0 aromatic carbocycles. The van der Waals surface area contributed by atoms with Crippen LogP contribution in [-0.2, 0) is 14.4 Å². The minimum absolute atomic E-state index is 0.184. The first-order valence-electron chi connectivity index (χ1n) is 5.85. The largest absolute Gasteiger partial charge is 0.548 e. The van der Waals surface area contributed by atoms with Crippen LogP contribution in [0.15, 0.2) is 0 Å². The van der Waals surface area contributed by atoms with Gasteiger partial charge in [0.1, 0.15) is 6.04 Å². The van der Waals surface area contributed by atoms with Crippen LogP contribution in [0.2, 0.25) is 0 Å². The van der Waals surface area contributed by atoms with Gasteiger partial charge >= 0.3 is 0 Å². The molecule has 0 fully saturated rings. The molecule has 0 spiro atoms. The van der Waals surface area contributed by atoms with E-state index >= 15 is 0 Å². The van der Waals surface area contributed by atoms with Gasteiger partial charge in [-0.3, -0.25) is 9.59 Å². The molecule has 2 amide bonds. The number of hydrogen-bond donors (Lipinski definition) is 3. The molecule has 0 radical (unpaired) electrons. The lowest BCUT2D eigenvalue weighted by atomic mass is 10.0. The second-order valence-electron chi connectivity index (χ2n) is 4.68. The summed E-state index contributed by atoms with van der Waals surface area (Å²) in [6, 6.07) is -1.23. The van der Waals surface area contributed by atoms with Gasteiger partial charge in [0.15, 0.2) is 6.04 Å². The number of carbonyl (C=O) groups excluding carboxylic acids is 3. The molecule has 104 valence electrons. The predicted octanol–water partition coefficient (Wildman–Crippen LogP) is -2.99. The summed E-state index contributed by atoms with van der Waals surface area (Å²) >= 11 is 0. The van der Waals surface area contributed by atoms with Gasteiger partial charge in [-0.1, -0.05) is 13.8 Å². The van der Waals surface area contributed by atoms with Crippen LogP contribution in [0.5, 0.6) is 0 Å². The lowest BCUT2D eigenvalue weighted by Crippen LogP contribution is -2.67. The van der Waals surface area contributed by atoms with Gasteiger partial charge in [-0.25, -0.2) is 0 Å². The van der Waals surface area contributed by atoms with Crippen molar-refractivity contribution in [1.29, 1.82) is 0 Å². The minimum Gasteiger partial charge on any atom is -0.548 e. The van der Waals surface area contributed by atoms with E-state index in [9.17, 15) is 19.5 Å². The fraction of sp³-hybridized carbons (Fsp3) is 0.727. The van der Waals surface area contributed by atoms with E-state index in [2.05, 4.69) is 16.4 Å². The van der Waals surface area contributed by atoms with Crippen molar-refractivity contribution in [2.24, 2.45) is 5.92 Å². The summed E-state index contributed by atoms with van der Waals surface area (Å²) in [6.45, 7) is 4.85. The summed E-state index contributed by atoms with van der Waals surface area (Å²) in [4.78, 5) is 33.5. The maximum Gasteiger partial charge on any atom is 0.278 e. The highest BCUT2D eigenvalue weighted by molar-refractivity contribution is 5.90. The summed E-state index contributed by atoms with van der Waals surface area (Å²) in [5.74, 6) is -2.06. The first kappa shape index (κ1) is 16.4. The maximum absolute atomic E-state index is 11.7. The standard InChI is InChI=1S/C11H21N3O4/c1-6(2)4-8(14-10(17)7(3)12)11(18)13-5-9(15)16/h6-8H,4-5,12H2,1-3H3,(H,13,18)(H,14,17)(H,15,16)/t7-,8+/m0/s1. The molecule has 0 aliphatic carbocycles. The van der Waals surface area contributed by atoms with Gasteiger partial charge in [0, 0.05) is 0 Å². The van der Waals surface area contributed by atoms with E-state index in [4.69, 9.17) is 0 Å². The van der Waals surface area contributed by atoms with Crippen LogP contribution in [0, 0.1) is 5.92 Å². The third-order valence-electron chi connectivity index (χ3n) is 2.19. The molecule has 0 aliphatic heterocycles. The molecule has 0 aromatic heterocycles. The Labute approximate surface area is 106 Å². The second-order valence-corrected chi connectivity index (χ2v) is 4.68. The van der Waals surface area contributed by atoms with E-state index in [1.807, 2.05) is 13.8 Å². The molecular formula is C11H21N3O4. The topological polar surface area (TPSA) is 126 Å². The Morgan fingerprint density at radius 3 is 2.11 bits per heavy atom. The first-order chi connectivity index (χ1) is 8.23. The maximum atomic E-state index is 11.7. The molecule has 18 heavy (non-hydrogen) atoms. The quantitative estimate of drug-likeness (QED) is 0.451. The van der Waals surface area contributed by atoms with E-state index < -0.39 is 30.5 Å². The number of quaternary nitrogens is 1. The van der Waals surface area contributed by atoms with Crippen LogP contribution < -0.4 is 21.5 Å². The molecule has 5 N–H and O–H groups in total. The summed E-state index contributed by atoms with van der Waals surface area (Å²) in [5.41, 5.74) is 3.56. The number of carboxylic acid groups (broad SMARTS) is 1. The third-order valence-corrected chi connectivity index (χ3v) is 2.19. The number of carboxylic acids is 1. The molecular weight excluding hydrogens is 238 g/mol. The average molecular weight is 259 g/mol. The lowest BCUT2D eigenvalue weighted by molar-refractivity contribution is -0.398. The van der Waals surface area contributed by atoms with Crippen molar-refractivity contribution in [3.8, 4) is 0 Å². The molecule has 0 saturated heterocycles. The normalized spacial score (nSPS) is 13.8. The molecule has 0 unspecified atom stereocenters. The van der Waals surface area contributed by atoms with Crippen LogP contribution in [0.3, 0.4) is 0 Å². The number of amides is 2. The van der Waals surface area contributed by atoms with E-state index in [0.29, 0.717) is 6.42 Å². The number of rotatable bonds is 7. The lowest BCUT2D eigenvalue weighted by Gasteiger charge is -2.20.